The number of carbonyl (C=O) groups excluding carboxylic acids is 1. The van der Waals surface area contributed by atoms with Gasteiger partial charge in [0.25, 0.3) is 5.24 Å². The fourth-order valence-corrected chi connectivity index (χ4v) is 2.69. The molecule has 0 unspecified atom stereocenters. The molecule has 0 atom stereocenters. The van der Waals surface area contributed by atoms with Gasteiger partial charge in [-0.25, -0.2) is 4.98 Å². The third kappa shape index (κ3) is 1.87. The zero-order valence-corrected chi connectivity index (χ0v) is 10.7. The number of aromatic amines is 1. The van der Waals surface area contributed by atoms with Gasteiger partial charge in [0.15, 0.2) is 0 Å². The Kier molecular flexibility index (Phi) is 2.77. The molecule has 0 aromatic carbocycles. The summed E-state index contributed by atoms with van der Waals surface area (Å²) in [6.07, 6.45) is 3.53. The van der Waals surface area contributed by atoms with Crippen LogP contribution in [0.1, 0.15) is 9.67 Å². The second-order valence-electron chi connectivity index (χ2n) is 3.66. The predicted octanol–water partition coefficient (Wildman–Crippen LogP) is 3.75. The van der Waals surface area contributed by atoms with Crippen molar-refractivity contribution in [2.24, 2.45) is 0 Å². The van der Waals surface area contributed by atoms with Gasteiger partial charge in [-0.1, -0.05) is 0 Å². The molecule has 6 heteroatoms. The van der Waals surface area contributed by atoms with Crippen molar-refractivity contribution in [3.63, 3.8) is 0 Å². The number of pyridine rings is 1. The lowest BCUT2D eigenvalue weighted by Crippen LogP contribution is -1.95. The average molecular weight is 278 g/mol. The molecule has 0 saturated heterocycles. The standard InChI is InChI=1S/C12H8ClN3OS/c13-11(17)10-9(3-6-18-10)16-8-2-5-15-12-7(8)1-4-14-12/h1-6H,(H2,14,15,16). The lowest BCUT2D eigenvalue weighted by Gasteiger charge is -2.06. The van der Waals surface area contributed by atoms with E-state index in [2.05, 4.69) is 15.3 Å². The molecule has 0 amide bonds. The van der Waals surface area contributed by atoms with Crippen LogP contribution in [0.25, 0.3) is 11.0 Å². The van der Waals surface area contributed by atoms with Gasteiger partial charge in [-0.05, 0) is 35.2 Å². The van der Waals surface area contributed by atoms with Crippen molar-refractivity contribution in [2.45, 2.75) is 0 Å². The Hall–Kier alpha value is -1.85. The van der Waals surface area contributed by atoms with Crippen LogP contribution in [-0.4, -0.2) is 15.2 Å². The van der Waals surface area contributed by atoms with E-state index in [9.17, 15) is 4.79 Å². The lowest BCUT2D eigenvalue weighted by atomic mass is 10.2. The summed E-state index contributed by atoms with van der Waals surface area (Å²) in [6, 6.07) is 5.62. The Labute approximate surface area is 112 Å². The number of aromatic nitrogens is 2. The molecule has 0 aliphatic heterocycles. The molecule has 0 aliphatic rings. The number of anilines is 2. The average Bonchev–Trinajstić information content (AvgIpc) is 2.96. The summed E-state index contributed by atoms with van der Waals surface area (Å²) < 4.78 is 0. The molecule has 0 aliphatic carbocycles. The molecule has 3 aromatic rings. The molecule has 3 aromatic heterocycles. The summed E-state index contributed by atoms with van der Waals surface area (Å²) in [5.74, 6) is 0. The number of carbonyl (C=O) groups is 1. The molecule has 4 nitrogen and oxygen atoms in total. The van der Waals surface area contributed by atoms with Crippen molar-refractivity contribution in [1.82, 2.24) is 9.97 Å². The summed E-state index contributed by atoms with van der Waals surface area (Å²) in [5, 5.41) is 5.55. The molecule has 0 spiro atoms. The molecule has 90 valence electrons. The number of rotatable bonds is 3. The van der Waals surface area contributed by atoms with E-state index in [0.717, 1.165) is 16.7 Å². The largest absolute Gasteiger partial charge is 0.354 e. The van der Waals surface area contributed by atoms with Crippen LogP contribution in [0, 0.1) is 0 Å². The van der Waals surface area contributed by atoms with E-state index in [1.165, 1.54) is 11.3 Å². The van der Waals surface area contributed by atoms with Crippen LogP contribution >= 0.6 is 22.9 Å². The normalized spacial score (nSPS) is 10.7. The first-order valence-electron chi connectivity index (χ1n) is 5.22. The fourth-order valence-electron chi connectivity index (χ4n) is 1.77. The van der Waals surface area contributed by atoms with E-state index < -0.39 is 5.24 Å². The maximum Gasteiger partial charge on any atom is 0.264 e. The van der Waals surface area contributed by atoms with Gasteiger partial charge in [0.2, 0.25) is 0 Å². The van der Waals surface area contributed by atoms with E-state index in [1.54, 1.807) is 6.20 Å². The number of fused-ring (bicyclic) bond motifs is 1. The Morgan fingerprint density at radius 1 is 1.33 bits per heavy atom. The highest BCUT2D eigenvalue weighted by molar-refractivity contribution is 7.14. The first kappa shape index (κ1) is 11.3. The first-order chi connectivity index (χ1) is 8.75. The van der Waals surface area contributed by atoms with Gasteiger partial charge in [0, 0.05) is 17.8 Å². The molecular weight excluding hydrogens is 270 g/mol. The van der Waals surface area contributed by atoms with Gasteiger partial charge in [-0.2, -0.15) is 0 Å². The summed E-state index contributed by atoms with van der Waals surface area (Å²) >= 11 is 6.84. The van der Waals surface area contributed by atoms with Crippen LogP contribution < -0.4 is 5.32 Å². The second kappa shape index (κ2) is 4.44. The maximum absolute atomic E-state index is 11.2. The predicted molar refractivity (Wildman–Crippen MR) is 73.9 cm³/mol. The zero-order valence-electron chi connectivity index (χ0n) is 9.11. The molecule has 0 fully saturated rings. The monoisotopic (exact) mass is 277 g/mol. The Morgan fingerprint density at radius 2 is 2.22 bits per heavy atom. The minimum atomic E-state index is -0.452. The van der Waals surface area contributed by atoms with E-state index in [1.807, 2.05) is 29.8 Å². The number of hydrogen-bond acceptors (Lipinski definition) is 4. The minimum Gasteiger partial charge on any atom is -0.354 e. The van der Waals surface area contributed by atoms with Crippen molar-refractivity contribution in [3.05, 3.63) is 40.8 Å². The number of thiophene rings is 1. The van der Waals surface area contributed by atoms with Gasteiger partial charge in [0.05, 0.1) is 11.4 Å². The smallest absolute Gasteiger partial charge is 0.264 e. The highest BCUT2D eigenvalue weighted by Gasteiger charge is 2.12. The van der Waals surface area contributed by atoms with Gasteiger partial charge in [0.1, 0.15) is 10.5 Å². The summed E-state index contributed by atoms with van der Waals surface area (Å²) in [6.45, 7) is 0. The van der Waals surface area contributed by atoms with Crippen LogP contribution in [0.15, 0.2) is 36.0 Å². The summed E-state index contributed by atoms with van der Waals surface area (Å²) in [7, 11) is 0. The molecule has 2 N–H and O–H groups in total. The zero-order chi connectivity index (χ0) is 12.5. The van der Waals surface area contributed by atoms with Gasteiger partial charge < -0.3 is 10.3 Å². The topological polar surface area (TPSA) is 57.8 Å². The van der Waals surface area contributed by atoms with E-state index in [4.69, 9.17) is 11.6 Å². The van der Waals surface area contributed by atoms with Crippen molar-refractivity contribution in [2.75, 3.05) is 5.32 Å². The number of nitrogens with zero attached hydrogens (tertiary/aromatic N) is 1. The summed E-state index contributed by atoms with van der Waals surface area (Å²) in [4.78, 5) is 19.0. The van der Waals surface area contributed by atoms with Crippen molar-refractivity contribution in [1.29, 1.82) is 0 Å². The number of halogens is 1. The molecule has 3 heterocycles. The SMILES string of the molecule is O=C(Cl)c1sccc1Nc1ccnc2[nH]ccc12. The number of H-pyrrole nitrogens is 1. The van der Waals surface area contributed by atoms with E-state index >= 15 is 0 Å². The van der Waals surface area contributed by atoms with Gasteiger partial charge >= 0.3 is 0 Å². The third-order valence-corrected chi connectivity index (χ3v) is 3.79. The molecule has 0 bridgehead atoms. The highest BCUT2D eigenvalue weighted by Crippen LogP contribution is 2.30. The van der Waals surface area contributed by atoms with E-state index in [0.29, 0.717) is 10.6 Å². The van der Waals surface area contributed by atoms with Crippen LogP contribution in [0.2, 0.25) is 0 Å². The Balaban J connectivity index is 2.04. The fraction of sp³-hybridized carbons (Fsp3) is 0. The molecule has 18 heavy (non-hydrogen) atoms. The molecule has 0 saturated carbocycles. The lowest BCUT2D eigenvalue weighted by molar-refractivity contribution is 0.108. The maximum atomic E-state index is 11.2. The molecule has 3 rings (SSSR count). The Morgan fingerprint density at radius 3 is 3.06 bits per heavy atom. The third-order valence-electron chi connectivity index (χ3n) is 2.57. The van der Waals surface area contributed by atoms with Crippen LogP contribution in [0.4, 0.5) is 11.4 Å². The van der Waals surface area contributed by atoms with E-state index in [-0.39, 0.29) is 0 Å². The Bertz CT molecular complexity index is 719. The minimum absolute atomic E-state index is 0.452. The first-order valence-corrected chi connectivity index (χ1v) is 6.48. The highest BCUT2D eigenvalue weighted by atomic mass is 35.5. The van der Waals surface area contributed by atoms with Gasteiger partial charge in [-0.15, -0.1) is 11.3 Å². The quantitative estimate of drug-likeness (QED) is 0.717. The second-order valence-corrected chi connectivity index (χ2v) is 4.92. The number of nitrogens with one attached hydrogen (secondary N) is 2. The molecular formula is C12H8ClN3OS. The van der Waals surface area contributed by atoms with Gasteiger partial charge in [-0.3, -0.25) is 4.79 Å². The van der Waals surface area contributed by atoms with Crippen LogP contribution in [0.3, 0.4) is 0 Å². The summed E-state index contributed by atoms with van der Waals surface area (Å²) in [5.41, 5.74) is 2.40. The van der Waals surface area contributed by atoms with Crippen molar-refractivity contribution < 1.29 is 4.79 Å². The molecule has 0 radical (unpaired) electrons. The van der Waals surface area contributed by atoms with Crippen molar-refractivity contribution in [3.8, 4) is 0 Å². The van der Waals surface area contributed by atoms with Crippen molar-refractivity contribution >= 4 is 50.6 Å². The number of hydrogen-bond donors (Lipinski definition) is 2. The van der Waals surface area contributed by atoms with Crippen LogP contribution in [0.5, 0.6) is 0 Å². The van der Waals surface area contributed by atoms with Crippen LogP contribution in [-0.2, 0) is 0 Å².